The van der Waals surface area contributed by atoms with Gasteiger partial charge in [-0.05, 0) is 53.1 Å². The van der Waals surface area contributed by atoms with Crippen molar-refractivity contribution in [2.45, 2.75) is 58.8 Å². The van der Waals surface area contributed by atoms with Gasteiger partial charge in [0, 0.05) is 11.3 Å². The highest BCUT2D eigenvalue weighted by atomic mass is 32.1. The maximum Gasteiger partial charge on any atom is 0.491 e. The van der Waals surface area contributed by atoms with Gasteiger partial charge < -0.3 is 14.0 Å². The fourth-order valence-corrected chi connectivity index (χ4v) is 2.58. The molecule has 1 aliphatic heterocycles. The molecule has 0 aliphatic carbocycles. The largest absolute Gasteiger partial charge is 0.491 e. The Hall–Kier alpha value is -0.905. The molecule has 3 nitrogen and oxygen atoms in total. The van der Waals surface area contributed by atoms with Gasteiger partial charge >= 0.3 is 7.12 Å². The lowest BCUT2D eigenvalue weighted by Crippen LogP contribution is -2.41. The summed E-state index contributed by atoms with van der Waals surface area (Å²) in [5.74, 6) is 1.42. The number of ether oxygens (including phenoxy) is 1. The van der Waals surface area contributed by atoms with Gasteiger partial charge in [0.1, 0.15) is 5.75 Å². The van der Waals surface area contributed by atoms with Gasteiger partial charge in [-0.2, -0.15) is 12.6 Å². The van der Waals surface area contributed by atoms with Crippen LogP contribution in [0.4, 0.5) is 0 Å². The number of thiol groups is 1. The summed E-state index contributed by atoms with van der Waals surface area (Å²) < 4.78 is 18.1. The molecule has 0 radical (unpaired) electrons. The standard InChI is InChI=1S/C18H27BO3S/c1-13(2)20-16-10-8-7-9-14(16)11-15(12-23)19-21-17(3,4)18(5,6)22-19/h7-11,13,23H,12H2,1-6H3. The van der Waals surface area contributed by atoms with Crippen LogP contribution < -0.4 is 4.74 Å². The minimum Gasteiger partial charge on any atom is -0.490 e. The summed E-state index contributed by atoms with van der Waals surface area (Å²) in [5, 5.41) is 0. The molecule has 126 valence electrons. The monoisotopic (exact) mass is 334 g/mol. The van der Waals surface area contributed by atoms with Gasteiger partial charge in [-0.1, -0.05) is 24.3 Å². The van der Waals surface area contributed by atoms with Crippen molar-refractivity contribution in [1.29, 1.82) is 0 Å². The summed E-state index contributed by atoms with van der Waals surface area (Å²) in [7, 11) is -0.385. The minimum atomic E-state index is -0.385. The smallest absolute Gasteiger partial charge is 0.490 e. The molecular weight excluding hydrogens is 307 g/mol. The molecule has 1 aliphatic rings. The fraction of sp³-hybridized carbons (Fsp3) is 0.556. The summed E-state index contributed by atoms with van der Waals surface area (Å²) in [5.41, 5.74) is 1.30. The molecule has 0 saturated carbocycles. The first kappa shape index (κ1) is 18.4. The Morgan fingerprint density at radius 3 is 2.26 bits per heavy atom. The Morgan fingerprint density at radius 1 is 1.17 bits per heavy atom. The van der Waals surface area contributed by atoms with Crippen molar-refractivity contribution in [2.75, 3.05) is 5.75 Å². The van der Waals surface area contributed by atoms with Gasteiger partial charge in [0.25, 0.3) is 0 Å². The molecule has 0 unspecified atom stereocenters. The third-order valence-corrected chi connectivity index (χ3v) is 4.73. The Kier molecular flexibility index (Phi) is 5.54. The summed E-state index contributed by atoms with van der Waals surface area (Å²) in [6, 6.07) is 7.99. The normalized spacial score (nSPS) is 20.2. The van der Waals surface area contributed by atoms with Crippen molar-refractivity contribution in [3.05, 3.63) is 35.3 Å². The van der Waals surface area contributed by atoms with Gasteiger partial charge in [0.05, 0.1) is 17.3 Å². The molecular formula is C18H27BO3S. The predicted octanol–water partition coefficient (Wildman–Crippen LogP) is 4.42. The lowest BCUT2D eigenvalue weighted by molar-refractivity contribution is 0.00578. The summed E-state index contributed by atoms with van der Waals surface area (Å²) in [4.78, 5) is 0. The van der Waals surface area contributed by atoms with Gasteiger partial charge in [0.15, 0.2) is 0 Å². The molecule has 1 saturated heterocycles. The molecule has 0 N–H and O–H groups in total. The minimum absolute atomic E-state index is 0.126. The van der Waals surface area contributed by atoms with E-state index in [1.165, 1.54) is 0 Å². The van der Waals surface area contributed by atoms with E-state index in [2.05, 4.69) is 46.4 Å². The summed E-state index contributed by atoms with van der Waals surface area (Å²) in [6.45, 7) is 12.3. The van der Waals surface area contributed by atoms with Crippen molar-refractivity contribution in [2.24, 2.45) is 0 Å². The zero-order valence-corrected chi connectivity index (χ0v) is 15.8. The Bertz CT molecular complexity index is 565. The Morgan fingerprint density at radius 2 is 1.74 bits per heavy atom. The third-order valence-electron chi connectivity index (χ3n) is 4.36. The van der Waals surface area contributed by atoms with Crippen molar-refractivity contribution in [1.82, 2.24) is 0 Å². The van der Waals surface area contributed by atoms with Crippen molar-refractivity contribution in [3.63, 3.8) is 0 Å². The van der Waals surface area contributed by atoms with Crippen LogP contribution in [0.3, 0.4) is 0 Å². The van der Waals surface area contributed by atoms with Gasteiger partial charge in [-0.15, -0.1) is 0 Å². The zero-order valence-electron chi connectivity index (χ0n) is 14.9. The summed E-state index contributed by atoms with van der Waals surface area (Å²) >= 11 is 4.47. The zero-order chi connectivity index (χ0) is 17.3. The molecule has 23 heavy (non-hydrogen) atoms. The number of para-hydroxylation sites is 1. The van der Waals surface area contributed by atoms with Crippen LogP contribution in [0.15, 0.2) is 29.7 Å². The van der Waals surface area contributed by atoms with Crippen LogP contribution in [-0.4, -0.2) is 30.2 Å². The molecule has 2 rings (SSSR count). The number of hydrogen-bond acceptors (Lipinski definition) is 4. The highest BCUT2D eigenvalue weighted by Gasteiger charge is 2.52. The van der Waals surface area contributed by atoms with E-state index in [1.807, 2.05) is 38.1 Å². The van der Waals surface area contributed by atoms with E-state index < -0.39 is 0 Å². The number of rotatable bonds is 5. The van der Waals surface area contributed by atoms with E-state index in [0.717, 1.165) is 16.8 Å². The highest BCUT2D eigenvalue weighted by molar-refractivity contribution is 7.80. The first-order chi connectivity index (χ1) is 10.7. The van der Waals surface area contributed by atoms with Crippen LogP contribution >= 0.6 is 12.6 Å². The maximum atomic E-state index is 6.13. The first-order valence-corrected chi connectivity index (χ1v) is 8.72. The molecule has 1 aromatic carbocycles. The maximum absolute atomic E-state index is 6.13. The van der Waals surface area contributed by atoms with Crippen LogP contribution in [-0.2, 0) is 9.31 Å². The first-order valence-electron chi connectivity index (χ1n) is 8.09. The molecule has 0 spiro atoms. The lowest BCUT2D eigenvalue weighted by atomic mass is 9.78. The van der Waals surface area contributed by atoms with E-state index in [1.54, 1.807) is 0 Å². The predicted molar refractivity (Wildman–Crippen MR) is 100 cm³/mol. The SMILES string of the molecule is CC(C)Oc1ccccc1C=C(CS)B1OC(C)(C)C(C)(C)O1. The highest BCUT2D eigenvalue weighted by Crippen LogP contribution is 2.39. The second-order valence-electron chi connectivity index (χ2n) is 7.17. The fourth-order valence-electron chi connectivity index (χ4n) is 2.34. The van der Waals surface area contributed by atoms with E-state index in [4.69, 9.17) is 14.0 Å². The molecule has 0 bridgehead atoms. The van der Waals surface area contributed by atoms with Crippen LogP contribution in [0, 0.1) is 0 Å². The van der Waals surface area contributed by atoms with Crippen molar-refractivity contribution < 1.29 is 14.0 Å². The number of hydrogen-bond donors (Lipinski definition) is 1. The summed E-state index contributed by atoms with van der Waals surface area (Å²) in [6.07, 6.45) is 2.19. The van der Waals surface area contributed by atoms with E-state index >= 15 is 0 Å². The molecule has 1 fully saturated rings. The second-order valence-corrected chi connectivity index (χ2v) is 7.49. The molecule has 1 heterocycles. The Labute approximate surface area is 146 Å². The lowest BCUT2D eigenvalue weighted by Gasteiger charge is -2.32. The average Bonchev–Trinajstić information content (AvgIpc) is 2.65. The molecule has 0 atom stereocenters. The van der Waals surface area contributed by atoms with Crippen LogP contribution in [0.5, 0.6) is 5.75 Å². The van der Waals surface area contributed by atoms with Gasteiger partial charge in [0.2, 0.25) is 0 Å². The van der Waals surface area contributed by atoms with E-state index in [0.29, 0.717) is 5.75 Å². The van der Waals surface area contributed by atoms with E-state index in [-0.39, 0.29) is 24.4 Å². The van der Waals surface area contributed by atoms with Crippen LogP contribution in [0.2, 0.25) is 0 Å². The van der Waals surface area contributed by atoms with Crippen LogP contribution in [0.1, 0.15) is 47.1 Å². The Balaban J connectivity index is 2.31. The second kappa shape index (κ2) is 6.92. The quantitative estimate of drug-likeness (QED) is 0.638. The molecule has 0 amide bonds. The average molecular weight is 334 g/mol. The van der Waals surface area contributed by atoms with Crippen LogP contribution in [0.25, 0.3) is 6.08 Å². The topological polar surface area (TPSA) is 27.7 Å². The van der Waals surface area contributed by atoms with Crippen molar-refractivity contribution >= 4 is 25.8 Å². The molecule has 1 aromatic rings. The van der Waals surface area contributed by atoms with Gasteiger partial charge in [-0.3, -0.25) is 0 Å². The van der Waals surface area contributed by atoms with Gasteiger partial charge in [-0.25, -0.2) is 0 Å². The van der Waals surface area contributed by atoms with E-state index in [9.17, 15) is 0 Å². The van der Waals surface area contributed by atoms with Crippen molar-refractivity contribution in [3.8, 4) is 5.75 Å². The number of benzene rings is 1. The third kappa shape index (κ3) is 4.14. The molecule has 0 aromatic heterocycles. The molecule has 5 heteroatoms.